The van der Waals surface area contributed by atoms with Crippen molar-refractivity contribution in [1.29, 1.82) is 0 Å². The van der Waals surface area contributed by atoms with Gasteiger partial charge in [-0.2, -0.15) is 13.2 Å². The first-order valence-corrected chi connectivity index (χ1v) is 6.98. The van der Waals surface area contributed by atoms with E-state index in [0.717, 1.165) is 5.56 Å². The summed E-state index contributed by atoms with van der Waals surface area (Å²) in [6, 6.07) is 9.28. The number of nitrogens with zero attached hydrogens (tertiary/aromatic N) is 2. The summed E-state index contributed by atoms with van der Waals surface area (Å²) in [5.74, 6) is -0.0423. The fraction of sp³-hybridized carbons (Fsp3) is 0.533. The van der Waals surface area contributed by atoms with Crippen LogP contribution in [0.25, 0.3) is 0 Å². The molecule has 1 atom stereocenters. The average Bonchev–Trinajstić information content (AvgIpc) is 2.45. The smallest absolute Gasteiger partial charge is 0.333 e. The summed E-state index contributed by atoms with van der Waals surface area (Å²) >= 11 is 0. The molecule has 0 bridgehead atoms. The lowest BCUT2D eigenvalue weighted by atomic mass is 10.0. The molecule has 0 radical (unpaired) electrons. The van der Waals surface area contributed by atoms with Gasteiger partial charge in [-0.05, 0) is 5.56 Å². The van der Waals surface area contributed by atoms with Crippen LogP contribution in [0, 0.1) is 0 Å². The number of hydrogen-bond donors (Lipinski definition) is 0. The van der Waals surface area contributed by atoms with Crippen LogP contribution >= 0.6 is 0 Å². The molecule has 3 nitrogen and oxygen atoms in total. The molecule has 21 heavy (non-hydrogen) atoms. The molecule has 0 spiro atoms. The Morgan fingerprint density at radius 2 is 1.90 bits per heavy atom. The van der Waals surface area contributed by atoms with E-state index < -0.39 is 12.6 Å². The maximum Gasteiger partial charge on any atom is 0.390 e. The normalized spacial score (nSPS) is 20.6. The van der Waals surface area contributed by atoms with Gasteiger partial charge < -0.3 is 4.90 Å². The Morgan fingerprint density at radius 3 is 2.48 bits per heavy atom. The predicted molar refractivity (Wildman–Crippen MR) is 73.7 cm³/mol. The second kappa shape index (κ2) is 6.47. The number of rotatable bonds is 3. The zero-order chi connectivity index (χ0) is 15.5. The first-order chi connectivity index (χ1) is 9.87. The molecule has 1 aromatic rings. The molecule has 0 N–H and O–H groups in total. The molecule has 1 heterocycles. The van der Waals surface area contributed by atoms with Gasteiger partial charge in [0.25, 0.3) is 0 Å². The van der Waals surface area contributed by atoms with Crippen LogP contribution in [-0.4, -0.2) is 48.1 Å². The maximum atomic E-state index is 12.3. The fourth-order valence-electron chi connectivity index (χ4n) is 2.66. The van der Waals surface area contributed by atoms with Crippen LogP contribution in [0.5, 0.6) is 0 Å². The molecule has 0 aliphatic carbocycles. The number of carbonyl (C=O) groups is 1. The second-order valence-corrected chi connectivity index (χ2v) is 5.30. The highest BCUT2D eigenvalue weighted by Gasteiger charge is 2.33. The third kappa shape index (κ3) is 4.46. The maximum absolute atomic E-state index is 12.3. The number of benzene rings is 1. The van der Waals surface area contributed by atoms with Gasteiger partial charge >= 0.3 is 6.18 Å². The molecular formula is C15H19F3N2O. The Hall–Kier alpha value is -1.56. The quantitative estimate of drug-likeness (QED) is 0.857. The lowest BCUT2D eigenvalue weighted by Crippen LogP contribution is -2.50. The van der Waals surface area contributed by atoms with E-state index in [1.165, 1.54) is 6.92 Å². The molecule has 1 amide bonds. The Kier molecular flexibility index (Phi) is 4.88. The van der Waals surface area contributed by atoms with E-state index in [9.17, 15) is 18.0 Å². The zero-order valence-corrected chi connectivity index (χ0v) is 11.9. The summed E-state index contributed by atoms with van der Waals surface area (Å²) in [7, 11) is 0. The van der Waals surface area contributed by atoms with Crippen LogP contribution in [0.4, 0.5) is 13.2 Å². The van der Waals surface area contributed by atoms with E-state index in [1.54, 1.807) is 9.80 Å². The number of hydrogen-bond acceptors (Lipinski definition) is 2. The molecule has 0 saturated carbocycles. The zero-order valence-electron chi connectivity index (χ0n) is 11.9. The third-order valence-electron chi connectivity index (χ3n) is 3.76. The van der Waals surface area contributed by atoms with Gasteiger partial charge in [0.05, 0.1) is 12.5 Å². The molecule has 1 fully saturated rings. The van der Waals surface area contributed by atoms with Crippen LogP contribution in [0.3, 0.4) is 0 Å². The van der Waals surface area contributed by atoms with Crippen molar-refractivity contribution in [3.05, 3.63) is 35.9 Å². The summed E-state index contributed by atoms with van der Waals surface area (Å²) < 4.78 is 37.0. The monoisotopic (exact) mass is 300 g/mol. The molecular weight excluding hydrogens is 281 g/mol. The number of halogens is 3. The van der Waals surface area contributed by atoms with E-state index in [1.807, 2.05) is 30.3 Å². The first kappa shape index (κ1) is 15.8. The summed E-state index contributed by atoms with van der Waals surface area (Å²) in [6.45, 7) is 2.88. The molecule has 2 rings (SSSR count). The third-order valence-corrected chi connectivity index (χ3v) is 3.76. The van der Waals surface area contributed by atoms with E-state index >= 15 is 0 Å². The van der Waals surface area contributed by atoms with Gasteiger partial charge in [0.1, 0.15) is 0 Å². The minimum absolute atomic E-state index is 0.0153. The van der Waals surface area contributed by atoms with Crippen molar-refractivity contribution in [2.45, 2.75) is 25.6 Å². The van der Waals surface area contributed by atoms with Crippen molar-refractivity contribution < 1.29 is 18.0 Å². The Labute approximate surface area is 122 Å². The average molecular weight is 300 g/mol. The fourth-order valence-corrected chi connectivity index (χ4v) is 2.66. The number of alkyl halides is 3. The van der Waals surface area contributed by atoms with Gasteiger partial charge in [-0.3, -0.25) is 9.69 Å². The standard InChI is InChI=1S/C15H19F3N2O/c1-12(21)20-10-9-19(8-7-15(16,17)18)11-14(20)13-5-3-2-4-6-13/h2-6,14H,7-11H2,1H3. The van der Waals surface area contributed by atoms with Crippen LogP contribution in [0.15, 0.2) is 30.3 Å². The summed E-state index contributed by atoms with van der Waals surface area (Å²) in [5, 5.41) is 0. The van der Waals surface area contributed by atoms with Crippen molar-refractivity contribution in [1.82, 2.24) is 9.80 Å². The molecule has 1 aliphatic rings. The van der Waals surface area contributed by atoms with Crippen molar-refractivity contribution in [2.75, 3.05) is 26.2 Å². The van der Waals surface area contributed by atoms with Gasteiger partial charge in [-0.15, -0.1) is 0 Å². The summed E-state index contributed by atoms with van der Waals surface area (Å²) in [5.41, 5.74) is 0.962. The summed E-state index contributed by atoms with van der Waals surface area (Å²) in [6.07, 6.45) is -4.95. The van der Waals surface area contributed by atoms with Crippen LogP contribution in [0.2, 0.25) is 0 Å². The van der Waals surface area contributed by atoms with Crippen molar-refractivity contribution in [2.24, 2.45) is 0 Å². The topological polar surface area (TPSA) is 23.6 Å². The SMILES string of the molecule is CC(=O)N1CCN(CCC(F)(F)F)CC1c1ccccc1. The van der Waals surface area contributed by atoms with E-state index in [-0.39, 0.29) is 18.5 Å². The molecule has 1 aromatic carbocycles. The lowest BCUT2D eigenvalue weighted by Gasteiger charge is -2.41. The number of carbonyl (C=O) groups excluding carboxylic acids is 1. The predicted octanol–water partition coefficient (Wildman–Crippen LogP) is 2.84. The number of amides is 1. The molecule has 116 valence electrons. The van der Waals surface area contributed by atoms with Gasteiger partial charge in [-0.1, -0.05) is 30.3 Å². The van der Waals surface area contributed by atoms with E-state index in [4.69, 9.17) is 0 Å². The lowest BCUT2D eigenvalue weighted by molar-refractivity contribution is -0.143. The summed E-state index contributed by atoms with van der Waals surface area (Å²) in [4.78, 5) is 15.3. The molecule has 1 aliphatic heterocycles. The van der Waals surface area contributed by atoms with Crippen LogP contribution < -0.4 is 0 Å². The Balaban J connectivity index is 2.08. The minimum atomic E-state index is -4.14. The first-order valence-electron chi connectivity index (χ1n) is 6.98. The minimum Gasteiger partial charge on any atom is -0.333 e. The van der Waals surface area contributed by atoms with E-state index in [0.29, 0.717) is 19.6 Å². The highest BCUT2D eigenvalue weighted by atomic mass is 19.4. The van der Waals surface area contributed by atoms with Crippen LogP contribution in [-0.2, 0) is 4.79 Å². The van der Waals surface area contributed by atoms with Gasteiger partial charge in [0.15, 0.2) is 0 Å². The Bertz CT molecular complexity index is 476. The highest BCUT2D eigenvalue weighted by Crippen LogP contribution is 2.27. The molecule has 6 heteroatoms. The molecule has 1 saturated heterocycles. The Morgan fingerprint density at radius 1 is 1.24 bits per heavy atom. The second-order valence-electron chi connectivity index (χ2n) is 5.30. The number of piperazine rings is 1. The van der Waals surface area contributed by atoms with Crippen molar-refractivity contribution in [3.8, 4) is 0 Å². The van der Waals surface area contributed by atoms with Crippen molar-refractivity contribution >= 4 is 5.91 Å². The van der Waals surface area contributed by atoms with E-state index in [2.05, 4.69) is 0 Å². The van der Waals surface area contributed by atoms with Crippen LogP contribution in [0.1, 0.15) is 24.9 Å². The van der Waals surface area contributed by atoms with Crippen molar-refractivity contribution in [3.63, 3.8) is 0 Å². The molecule has 1 unspecified atom stereocenters. The van der Waals surface area contributed by atoms with Gasteiger partial charge in [0, 0.05) is 33.1 Å². The molecule has 0 aromatic heterocycles. The van der Waals surface area contributed by atoms with Gasteiger partial charge in [0.2, 0.25) is 5.91 Å². The highest BCUT2D eigenvalue weighted by molar-refractivity contribution is 5.74. The van der Waals surface area contributed by atoms with Gasteiger partial charge in [-0.25, -0.2) is 0 Å². The largest absolute Gasteiger partial charge is 0.390 e.